The minimum atomic E-state index is -0.234. The van der Waals surface area contributed by atoms with E-state index in [-0.39, 0.29) is 17.6 Å². The molecule has 3 N–H and O–H groups in total. The smallest absolute Gasteiger partial charge is 0.251 e. The Morgan fingerprint density at radius 3 is 2.74 bits per heavy atom. The number of carbonyl (C=O) groups excluding carboxylic acids is 2. The highest BCUT2D eigenvalue weighted by Crippen LogP contribution is 2.18. The number of aryl methyl sites for hydroxylation is 1. The second-order valence-electron chi connectivity index (χ2n) is 4.85. The Balaban J connectivity index is 1.76. The molecule has 19 heavy (non-hydrogen) atoms. The van der Waals surface area contributed by atoms with E-state index < -0.39 is 0 Å². The Bertz CT molecular complexity index is 495. The van der Waals surface area contributed by atoms with Gasteiger partial charge >= 0.3 is 0 Å². The predicted octanol–water partition coefficient (Wildman–Crippen LogP) is 1.10. The van der Waals surface area contributed by atoms with Crippen LogP contribution >= 0.6 is 0 Å². The Kier molecular flexibility index (Phi) is 4.04. The van der Waals surface area contributed by atoms with E-state index in [1.165, 1.54) is 6.07 Å². The Morgan fingerprint density at radius 2 is 2.11 bits per heavy atom. The van der Waals surface area contributed by atoms with Gasteiger partial charge in [0.15, 0.2) is 0 Å². The molecule has 2 rings (SSSR count). The van der Waals surface area contributed by atoms with E-state index in [9.17, 15) is 14.7 Å². The van der Waals surface area contributed by atoms with Crippen molar-refractivity contribution in [1.82, 2.24) is 10.6 Å². The SMILES string of the molecule is Cc1cc(C(=O)NCCC(=O)NC2CC2)ccc1O. The zero-order valence-electron chi connectivity index (χ0n) is 10.9. The Hall–Kier alpha value is -2.04. The quantitative estimate of drug-likeness (QED) is 0.743. The molecule has 5 nitrogen and oxygen atoms in total. The van der Waals surface area contributed by atoms with E-state index in [4.69, 9.17) is 0 Å². The zero-order valence-corrected chi connectivity index (χ0v) is 10.9. The number of aromatic hydroxyl groups is 1. The van der Waals surface area contributed by atoms with Crippen LogP contribution in [0.4, 0.5) is 0 Å². The summed E-state index contributed by atoms with van der Waals surface area (Å²) in [4.78, 5) is 23.2. The number of nitrogens with one attached hydrogen (secondary N) is 2. The summed E-state index contributed by atoms with van der Waals surface area (Å²) in [5.74, 6) is -0.0904. The standard InChI is InChI=1S/C14H18N2O3/c1-9-8-10(2-5-12(9)17)14(19)15-7-6-13(18)16-11-3-4-11/h2,5,8,11,17H,3-4,6-7H2,1H3,(H,15,19)(H,16,18). The lowest BCUT2D eigenvalue weighted by atomic mass is 10.1. The molecule has 1 saturated carbocycles. The molecular formula is C14H18N2O3. The number of hydrogen-bond acceptors (Lipinski definition) is 3. The van der Waals surface area contributed by atoms with Crippen molar-refractivity contribution in [2.24, 2.45) is 0 Å². The second-order valence-corrected chi connectivity index (χ2v) is 4.85. The summed E-state index contributed by atoms with van der Waals surface area (Å²) in [6, 6.07) is 5.02. The van der Waals surface area contributed by atoms with E-state index in [1.54, 1.807) is 19.1 Å². The molecule has 0 aromatic heterocycles. The molecule has 0 radical (unpaired) electrons. The van der Waals surface area contributed by atoms with Crippen LogP contribution in [0, 0.1) is 6.92 Å². The molecule has 0 aliphatic heterocycles. The van der Waals surface area contributed by atoms with Crippen LogP contribution in [-0.4, -0.2) is 29.5 Å². The Labute approximate surface area is 112 Å². The van der Waals surface area contributed by atoms with Crippen molar-refractivity contribution in [3.63, 3.8) is 0 Å². The van der Waals surface area contributed by atoms with E-state index in [1.807, 2.05) is 0 Å². The highest BCUT2D eigenvalue weighted by molar-refractivity contribution is 5.94. The molecule has 1 aromatic carbocycles. The van der Waals surface area contributed by atoms with Gasteiger partial charge in [0, 0.05) is 24.6 Å². The predicted molar refractivity (Wildman–Crippen MR) is 71.0 cm³/mol. The normalized spacial score (nSPS) is 13.9. The maximum atomic E-state index is 11.8. The average Bonchev–Trinajstić information content (AvgIpc) is 3.16. The molecule has 1 fully saturated rings. The minimum Gasteiger partial charge on any atom is -0.508 e. The van der Waals surface area contributed by atoms with Gasteiger partial charge in [0.05, 0.1) is 0 Å². The first kappa shape index (κ1) is 13.4. The van der Waals surface area contributed by atoms with E-state index in [0.29, 0.717) is 30.1 Å². The fourth-order valence-corrected chi connectivity index (χ4v) is 1.72. The lowest BCUT2D eigenvalue weighted by molar-refractivity contribution is -0.121. The molecule has 5 heteroatoms. The first-order chi connectivity index (χ1) is 9.06. The van der Waals surface area contributed by atoms with E-state index in [0.717, 1.165) is 12.8 Å². The van der Waals surface area contributed by atoms with Gasteiger partial charge in [0.25, 0.3) is 5.91 Å². The summed E-state index contributed by atoms with van der Waals surface area (Å²) in [6.45, 7) is 2.05. The first-order valence-electron chi connectivity index (χ1n) is 6.43. The van der Waals surface area contributed by atoms with Gasteiger partial charge in [0.1, 0.15) is 5.75 Å². The van der Waals surface area contributed by atoms with Crippen LogP contribution in [-0.2, 0) is 4.79 Å². The maximum absolute atomic E-state index is 11.8. The number of carbonyl (C=O) groups is 2. The molecule has 102 valence electrons. The molecule has 0 saturated heterocycles. The number of amides is 2. The van der Waals surface area contributed by atoms with Crippen molar-refractivity contribution in [1.29, 1.82) is 0 Å². The van der Waals surface area contributed by atoms with Gasteiger partial charge in [-0.1, -0.05) is 0 Å². The Morgan fingerprint density at radius 1 is 1.37 bits per heavy atom. The molecule has 1 aromatic rings. The van der Waals surface area contributed by atoms with Crippen molar-refractivity contribution >= 4 is 11.8 Å². The topological polar surface area (TPSA) is 78.4 Å². The van der Waals surface area contributed by atoms with Gasteiger partial charge in [-0.3, -0.25) is 9.59 Å². The summed E-state index contributed by atoms with van der Waals surface area (Å²) in [5.41, 5.74) is 1.14. The van der Waals surface area contributed by atoms with Crippen molar-refractivity contribution < 1.29 is 14.7 Å². The van der Waals surface area contributed by atoms with Crippen LogP contribution < -0.4 is 10.6 Å². The molecule has 1 aliphatic rings. The fraction of sp³-hybridized carbons (Fsp3) is 0.429. The summed E-state index contributed by atoms with van der Waals surface area (Å²) >= 11 is 0. The van der Waals surface area contributed by atoms with Crippen LogP contribution in [0.1, 0.15) is 35.2 Å². The van der Waals surface area contributed by atoms with Crippen molar-refractivity contribution in [2.75, 3.05) is 6.54 Å². The molecule has 0 bridgehead atoms. The van der Waals surface area contributed by atoms with Crippen LogP contribution in [0.5, 0.6) is 5.75 Å². The van der Waals surface area contributed by atoms with Gasteiger partial charge in [-0.25, -0.2) is 0 Å². The third-order valence-electron chi connectivity index (χ3n) is 3.04. The highest BCUT2D eigenvalue weighted by Gasteiger charge is 2.22. The van der Waals surface area contributed by atoms with Crippen molar-refractivity contribution in [3.8, 4) is 5.75 Å². The largest absolute Gasteiger partial charge is 0.508 e. The van der Waals surface area contributed by atoms with Crippen molar-refractivity contribution in [3.05, 3.63) is 29.3 Å². The van der Waals surface area contributed by atoms with Gasteiger partial charge in [-0.2, -0.15) is 0 Å². The van der Waals surface area contributed by atoms with Crippen LogP contribution in [0.3, 0.4) is 0 Å². The fourth-order valence-electron chi connectivity index (χ4n) is 1.72. The van der Waals surface area contributed by atoms with Crippen LogP contribution in [0.25, 0.3) is 0 Å². The first-order valence-corrected chi connectivity index (χ1v) is 6.43. The van der Waals surface area contributed by atoms with E-state index >= 15 is 0 Å². The number of phenolic OH excluding ortho intramolecular Hbond substituents is 1. The third-order valence-corrected chi connectivity index (χ3v) is 3.04. The second kappa shape index (κ2) is 5.73. The zero-order chi connectivity index (χ0) is 13.8. The number of hydrogen-bond donors (Lipinski definition) is 3. The lowest BCUT2D eigenvalue weighted by Gasteiger charge is -2.07. The highest BCUT2D eigenvalue weighted by atomic mass is 16.3. The minimum absolute atomic E-state index is 0.0234. The number of benzene rings is 1. The summed E-state index contributed by atoms with van der Waals surface area (Å²) < 4.78 is 0. The summed E-state index contributed by atoms with van der Waals surface area (Å²) in [6.07, 6.45) is 2.41. The molecular weight excluding hydrogens is 244 g/mol. The van der Waals surface area contributed by atoms with Gasteiger partial charge < -0.3 is 15.7 Å². The molecule has 2 amide bonds. The van der Waals surface area contributed by atoms with Crippen molar-refractivity contribution in [2.45, 2.75) is 32.2 Å². The van der Waals surface area contributed by atoms with Crippen LogP contribution in [0.15, 0.2) is 18.2 Å². The molecule has 0 spiro atoms. The monoisotopic (exact) mass is 262 g/mol. The summed E-state index contributed by atoms with van der Waals surface area (Å²) in [5, 5.41) is 14.9. The molecule has 0 heterocycles. The van der Waals surface area contributed by atoms with Gasteiger partial charge in [-0.05, 0) is 43.5 Å². The van der Waals surface area contributed by atoms with E-state index in [2.05, 4.69) is 10.6 Å². The summed E-state index contributed by atoms with van der Waals surface area (Å²) in [7, 11) is 0. The third kappa shape index (κ3) is 3.98. The molecule has 1 aliphatic carbocycles. The average molecular weight is 262 g/mol. The lowest BCUT2D eigenvalue weighted by Crippen LogP contribution is -2.31. The number of phenols is 1. The van der Waals surface area contributed by atoms with Gasteiger partial charge in [-0.15, -0.1) is 0 Å². The van der Waals surface area contributed by atoms with Gasteiger partial charge in [0.2, 0.25) is 5.91 Å². The maximum Gasteiger partial charge on any atom is 0.251 e. The molecule has 0 unspecified atom stereocenters. The number of rotatable bonds is 5. The van der Waals surface area contributed by atoms with Crippen LogP contribution in [0.2, 0.25) is 0 Å². The molecule has 0 atom stereocenters.